The Morgan fingerprint density at radius 2 is 1.86 bits per heavy atom. The first-order valence-electron chi connectivity index (χ1n) is 11.8. The van der Waals surface area contributed by atoms with Gasteiger partial charge in [-0.3, -0.25) is 4.79 Å². The minimum absolute atomic E-state index is 0.148. The van der Waals surface area contributed by atoms with Crippen LogP contribution in [0.2, 0.25) is 0 Å². The first kappa shape index (κ1) is 25.4. The number of ether oxygens (including phenoxy) is 3. The molecule has 2 heterocycles. The normalized spacial score (nSPS) is 16.4. The van der Waals surface area contributed by atoms with E-state index in [0.29, 0.717) is 35.9 Å². The van der Waals surface area contributed by atoms with Gasteiger partial charge in [0.15, 0.2) is 23.3 Å². The van der Waals surface area contributed by atoms with Crippen LogP contribution in [0.5, 0.6) is 11.5 Å². The third-order valence-electron chi connectivity index (χ3n) is 5.59. The molecule has 2 aliphatic heterocycles. The van der Waals surface area contributed by atoms with Gasteiger partial charge >= 0.3 is 5.97 Å². The maximum absolute atomic E-state index is 12.9. The fourth-order valence-corrected chi connectivity index (χ4v) is 4.76. The second kappa shape index (κ2) is 11.8. The number of fused-ring (bicyclic) bond motifs is 1. The molecule has 0 aromatic heterocycles. The van der Waals surface area contributed by atoms with Gasteiger partial charge in [-0.05, 0) is 49.4 Å². The number of benzene rings is 2. The number of hydrogen-bond acceptors (Lipinski definition) is 8. The predicted molar refractivity (Wildman–Crippen MR) is 139 cm³/mol. The second-order valence-electron chi connectivity index (χ2n) is 8.02. The topological polar surface area (TPSA) is 89.5 Å². The van der Waals surface area contributed by atoms with Crippen LogP contribution in [-0.2, 0) is 20.9 Å². The molecule has 0 fully saturated rings. The molecule has 0 spiro atoms. The van der Waals surface area contributed by atoms with Crippen molar-refractivity contribution in [2.75, 3.05) is 19.8 Å². The number of esters is 1. The van der Waals surface area contributed by atoms with E-state index >= 15 is 0 Å². The summed E-state index contributed by atoms with van der Waals surface area (Å²) < 4.78 is 17.0. The van der Waals surface area contributed by atoms with Crippen molar-refractivity contribution in [1.29, 1.82) is 0 Å². The smallest absolute Gasteiger partial charge is 0.338 e. The van der Waals surface area contributed by atoms with Crippen molar-refractivity contribution >= 4 is 28.8 Å². The highest BCUT2D eigenvalue weighted by Gasteiger charge is 2.37. The molecule has 1 amide bonds. The van der Waals surface area contributed by atoms with E-state index in [1.165, 1.54) is 11.8 Å². The van der Waals surface area contributed by atoms with Gasteiger partial charge in [0.05, 0.1) is 30.5 Å². The second-order valence-corrected chi connectivity index (χ2v) is 8.89. The molecule has 0 bridgehead atoms. The fourth-order valence-electron chi connectivity index (χ4n) is 3.97. The van der Waals surface area contributed by atoms with E-state index in [2.05, 4.69) is 10.3 Å². The van der Waals surface area contributed by atoms with E-state index < -0.39 is 12.0 Å². The molecule has 1 atom stereocenters. The zero-order chi connectivity index (χ0) is 25.5. The van der Waals surface area contributed by atoms with Crippen molar-refractivity contribution < 1.29 is 23.8 Å². The summed E-state index contributed by atoms with van der Waals surface area (Å²) in [6, 6.07) is 14.7. The maximum atomic E-state index is 12.9. The number of carbonyl (C=O) groups excluding carboxylic acids is 2. The fraction of sp³-hybridized carbons (Fsp3) is 0.296. The Hall–Kier alpha value is -3.72. The van der Waals surface area contributed by atoms with E-state index in [0.717, 1.165) is 16.3 Å². The van der Waals surface area contributed by atoms with Crippen LogP contribution < -0.4 is 14.8 Å². The highest BCUT2D eigenvalue weighted by Crippen LogP contribution is 2.43. The van der Waals surface area contributed by atoms with Crippen molar-refractivity contribution in [2.45, 2.75) is 33.4 Å². The van der Waals surface area contributed by atoms with Crippen LogP contribution in [0.15, 0.2) is 76.4 Å². The Labute approximate surface area is 215 Å². The lowest BCUT2D eigenvalue weighted by molar-refractivity contribution is -0.139. The molecule has 2 aromatic carbocycles. The average Bonchev–Trinajstić information content (AvgIpc) is 3.35. The van der Waals surface area contributed by atoms with Crippen molar-refractivity contribution in [2.24, 2.45) is 4.99 Å². The minimum Gasteiger partial charge on any atom is -0.490 e. The Balaban J connectivity index is 1.54. The number of rotatable bonds is 10. The van der Waals surface area contributed by atoms with Gasteiger partial charge in [-0.1, -0.05) is 48.2 Å². The molecule has 2 aliphatic rings. The average molecular weight is 508 g/mol. The quantitative estimate of drug-likeness (QED) is 0.472. The molecule has 36 heavy (non-hydrogen) atoms. The Morgan fingerprint density at radius 1 is 1.06 bits per heavy atom. The molecule has 2 aromatic rings. The number of nitrogens with zero attached hydrogens (tertiary/aromatic N) is 2. The molecule has 0 radical (unpaired) electrons. The monoisotopic (exact) mass is 507 g/mol. The summed E-state index contributed by atoms with van der Waals surface area (Å²) in [6.07, 6.45) is 1.90. The highest BCUT2D eigenvalue weighted by atomic mass is 32.2. The number of aliphatic imine (C=N–C) groups is 1. The molecule has 1 N–H and O–H groups in total. The number of carbonyl (C=O) groups is 2. The van der Waals surface area contributed by atoms with E-state index in [4.69, 9.17) is 14.2 Å². The van der Waals surface area contributed by atoms with Gasteiger partial charge in [0.25, 0.3) is 5.91 Å². The zero-order valence-electron chi connectivity index (χ0n) is 20.5. The molecule has 0 aliphatic carbocycles. The molecule has 0 saturated heterocycles. The molecule has 0 saturated carbocycles. The van der Waals surface area contributed by atoms with Crippen LogP contribution in [0.1, 0.15) is 37.9 Å². The van der Waals surface area contributed by atoms with Crippen LogP contribution >= 0.6 is 11.8 Å². The van der Waals surface area contributed by atoms with Crippen molar-refractivity contribution in [3.8, 4) is 11.5 Å². The summed E-state index contributed by atoms with van der Waals surface area (Å²) in [5, 5.41) is 5.58. The minimum atomic E-state index is -0.426. The summed E-state index contributed by atoms with van der Waals surface area (Å²) in [5.41, 5.74) is 2.93. The Bertz CT molecular complexity index is 1210. The number of amides is 1. The SMILES string of the molecule is CCOC(=O)C1=C(C)N=C2SC=CN2[C@H]1c1ccc(OCC(=O)NCc2ccccc2)c(OCC)c1. The van der Waals surface area contributed by atoms with Crippen LogP contribution in [0, 0.1) is 0 Å². The van der Waals surface area contributed by atoms with E-state index in [1.54, 1.807) is 13.0 Å². The Morgan fingerprint density at radius 3 is 2.61 bits per heavy atom. The third-order valence-corrected chi connectivity index (χ3v) is 6.36. The van der Waals surface area contributed by atoms with Crippen LogP contribution in [-0.4, -0.2) is 41.8 Å². The summed E-state index contributed by atoms with van der Waals surface area (Å²) in [5.74, 6) is 0.305. The summed E-state index contributed by atoms with van der Waals surface area (Å²) in [4.78, 5) is 31.8. The van der Waals surface area contributed by atoms with Crippen LogP contribution in [0.4, 0.5) is 0 Å². The van der Waals surface area contributed by atoms with E-state index in [-0.39, 0.29) is 19.1 Å². The van der Waals surface area contributed by atoms with Crippen molar-refractivity contribution in [3.05, 3.63) is 82.5 Å². The molecule has 8 nitrogen and oxygen atoms in total. The first-order chi connectivity index (χ1) is 17.5. The molecular weight excluding hydrogens is 478 g/mol. The van der Waals surface area contributed by atoms with Gasteiger partial charge in [-0.15, -0.1) is 0 Å². The molecular formula is C27H29N3O5S. The number of nitrogens with one attached hydrogen (secondary N) is 1. The zero-order valence-corrected chi connectivity index (χ0v) is 21.3. The number of amidine groups is 1. The van der Waals surface area contributed by atoms with Gasteiger partial charge in [0, 0.05) is 12.7 Å². The molecule has 4 rings (SSSR count). The lowest BCUT2D eigenvalue weighted by Crippen LogP contribution is -2.34. The molecule has 0 unspecified atom stereocenters. The van der Waals surface area contributed by atoms with Gasteiger partial charge in [0.2, 0.25) is 0 Å². The summed E-state index contributed by atoms with van der Waals surface area (Å²) >= 11 is 1.50. The maximum Gasteiger partial charge on any atom is 0.338 e. The number of allylic oxidation sites excluding steroid dienone is 1. The lowest BCUT2D eigenvalue weighted by atomic mass is 9.94. The lowest BCUT2D eigenvalue weighted by Gasteiger charge is -2.33. The highest BCUT2D eigenvalue weighted by molar-refractivity contribution is 8.16. The van der Waals surface area contributed by atoms with Gasteiger partial charge in [-0.2, -0.15) is 0 Å². The van der Waals surface area contributed by atoms with Gasteiger partial charge in [0.1, 0.15) is 0 Å². The number of thioether (sulfide) groups is 1. The summed E-state index contributed by atoms with van der Waals surface area (Å²) in [7, 11) is 0. The van der Waals surface area contributed by atoms with E-state index in [1.807, 2.05) is 72.8 Å². The van der Waals surface area contributed by atoms with Crippen molar-refractivity contribution in [1.82, 2.24) is 10.2 Å². The molecule has 188 valence electrons. The number of hydrogen-bond donors (Lipinski definition) is 1. The Kier molecular flexibility index (Phi) is 8.32. The van der Waals surface area contributed by atoms with E-state index in [9.17, 15) is 9.59 Å². The van der Waals surface area contributed by atoms with Gasteiger partial charge < -0.3 is 24.4 Å². The van der Waals surface area contributed by atoms with Crippen molar-refractivity contribution in [3.63, 3.8) is 0 Å². The van der Waals surface area contributed by atoms with Crippen LogP contribution in [0.3, 0.4) is 0 Å². The molecule has 9 heteroatoms. The van der Waals surface area contributed by atoms with Gasteiger partial charge in [-0.25, -0.2) is 9.79 Å². The largest absolute Gasteiger partial charge is 0.490 e. The summed E-state index contributed by atoms with van der Waals surface area (Å²) in [6.45, 7) is 6.44. The van der Waals surface area contributed by atoms with Crippen LogP contribution in [0.25, 0.3) is 0 Å². The standard InChI is InChI=1S/C27H29N3O5S/c1-4-33-22-15-20(11-12-21(22)35-17-23(31)28-16-19-9-7-6-8-10-19)25-24(26(32)34-5-2)18(3)29-27-30(25)13-14-36-27/h6-15,25H,4-5,16-17H2,1-3H3,(H,28,31)/t25-/m0/s1. The third kappa shape index (κ3) is 5.73. The first-order valence-corrected chi connectivity index (χ1v) is 12.7. The predicted octanol–water partition coefficient (Wildman–Crippen LogP) is 4.55.